The topological polar surface area (TPSA) is 87.7 Å². The first-order valence-corrected chi connectivity index (χ1v) is 10.3. The molecule has 3 aromatic carbocycles. The second-order valence-corrected chi connectivity index (χ2v) is 8.59. The maximum absolute atomic E-state index is 12.5. The molecule has 3 N–H and O–H groups in total. The summed E-state index contributed by atoms with van der Waals surface area (Å²) in [5.74, 6) is 0.0520. The zero-order valence-electron chi connectivity index (χ0n) is 18.7. The number of carbonyl (C=O) groups is 2. The zero-order valence-corrected chi connectivity index (χ0v) is 18.7. The summed E-state index contributed by atoms with van der Waals surface area (Å²) in [6, 6.07) is 19.2. The van der Waals surface area contributed by atoms with Crippen LogP contribution in [0.1, 0.15) is 42.3 Å². The van der Waals surface area contributed by atoms with Crippen LogP contribution in [0.3, 0.4) is 0 Å². The second-order valence-electron chi connectivity index (χ2n) is 8.59. The summed E-state index contributed by atoms with van der Waals surface area (Å²) in [6.07, 6.45) is 0.188. The van der Waals surface area contributed by atoms with E-state index in [-0.39, 0.29) is 35.1 Å². The molecule has 0 atom stereocenters. The lowest BCUT2D eigenvalue weighted by atomic mass is 9.87. The number of nitrogens with one attached hydrogen (secondary N) is 2. The van der Waals surface area contributed by atoms with Crippen molar-refractivity contribution in [2.45, 2.75) is 32.6 Å². The van der Waals surface area contributed by atoms with Crippen LogP contribution in [0.2, 0.25) is 0 Å². The molecular formula is C26H28N2O4. The van der Waals surface area contributed by atoms with Crippen molar-refractivity contribution in [2.75, 3.05) is 17.7 Å². The molecule has 3 aromatic rings. The van der Waals surface area contributed by atoms with Gasteiger partial charge in [-0.1, -0.05) is 45.0 Å². The largest absolute Gasteiger partial charge is 0.506 e. The monoisotopic (exact) mass is 432 g/mol. The first-order valence-electron chi connectivity index (χ1n) is 10.3. The second kappa shape index (κ2) is 9.56. The number of hydrogen-bond donors (Lipinski definition) is 3. The van der Waals surface area contributed by atoms with Crippen molar-refractivity contribution in [1.29, 1.82) is 0 Å². The fourth-order valence-electron chi connectivity index (χ4n) is 3.17. The van der Waals surface area contributed by atoms with E-state index in [0.717, 1.165) is 16.9 Å². The Kier molecular flexibility index (Phi) is 6.83. The molecule has 2 amide bonds. The highest BCUT2D eigenvalue weighted by molar-refractivity contribution is 6.05. The maximum Gasteiger partial charge on any atom is 0.255 e. The number of benzene rings is 3. The summed E-state index contributed by atoms with van der Waals surface area (Å²) in [6.45, 7) is 6.33. The van der Waals surface area contributed by atoms with Gasteiger partial charge in [-0.3, -0.25) is 9.59 Å². The van der Waals surface area contributed by atoms with E-state index in [1.54, 1.807) is 43.5 Å². The van der Waals surface area contributed by atoms with Crippen molar-refractivity contribution in [3.63, 3.8) is 0 Å². The van der Waals surface area contributed by atoms with E-state index >= 15 is 0 Å². The molecule has 0 aliphatic carbocycles. The summed E-state index contributed by atoms with van der Waals surface area (Å²) in [4.78, 5) is 24.8. The third-order valence-corrected chi connectivity index (χ3v) is 5.07. The number of phenols is 1. The van der Waals surface area contributed by atoms with Gasteiger partial charge in [-0.25, -0.2) is 0 Å². The van der Waals surface area contributed by atoms with Gasteiger partial charge in [0.15, 0.2) is 0 Å². The molecule has 3 rings (SSSR count). The molecule has 0 saturated carbocycles. The number of aromatic hydroxyl groups is 1. The third-order valence-electron chi connectivity index (χ3n) is 5.07. The van der Waals surface area contributed by atoms with Crippen LogP contribution in [-0.4, -0.2) is 24.0 Å². The van der Waals surface area contributed by atoms with E-state index in [1.807, 2.05) is 24.3 Å². The average Bonchev–Trinajstić information content (AvgIpc) is 2.75. The van der Waals surface area contributed by atoms with E-state index < -0.39 is 0 Å². The molecule has 0 spiro atoms. The van der Waals surface area contributed by atoms with Gasteiger partial charge in [0, 0.05) is 17.3 Å². The van der Waals surface area contributed by atoms with E-state index in [0.29, 0.717) is 11.3 Å². The first-order chi connectivity index (χ1) is 15.2. The van der Waals surface area contributed by atoms with E-state index in [9.17, 15) is 14.7 Å². The molecule has 0 fully saturated rings. The number of methoxy groups -OCH3 is 1. The Hall–Kier alpha value is -3.80. The first kappa shape index (κ1) is 22.9. The third kappa shape index (κ3) is 5.88. The van der Waals surface area contributed by atoms with Gasteiger partial charge in [-0.05, 0) is 52.9 Å². The molecule has 6 nitrogen and oxygen atoms in total. The highest BCUT2D eigenvalue weighted by Gasteiger charge is 2.15. The Morgan fingerprint density at radius 1 is 0.906 bits per heavy atom. The Morgan fingerprint density at radius 2 is 1.56 bits per heavy atom. The van der Waals surface area contributed by atoms with Gasteiger partial charge in [0.25, 0.3) is 5.91 Å². The summed E-state index contributed by atoms with van der Waals surface area (Å²) in [7, 11) is 1.59. The lowest BCUT2D eigenvalue weighted by Gasteiger charge is -2.19. The van der Waals surface area contributed by atoms with E-state index in [2.05, 4.69) is 31.4 Å². The quantitative estimate of drug-likeness (QED) is 0.471. The molecule has 0 heterocycles. The van der Waals surface area contributed by atoms with Crippen molar-refractivity contribution in [1.82, 2.24) is 0 Å². The molecule has 6 heteroatoms. The smallest absolute Gasteiger partial charge is 0.255 e. The summed E-state index contributed by atoms with van der Waals surface area (Å²) in [5, 5.41) is 15.8. The normalized spacial score (nSPS) is 11.0. The van der Waals surface area contributed by atoms with Crippen LogP contribution in [0.15, 0.2) is 66.7 Å². The van der Waals surface area contributed by atoms with Crippen molar-refractivity contribution < 1.29 is 19.4 Å². The molecule has 166 valence electrons. The summed E-state index contributed by atoms with van der Waals surface area (Å²) >= 11 is 0. The van der Waals surface area contributed by atoms with Gasteiger partial charge in [0.05, 0.1) is 19.2 Å². The van der Waals surface area contributed by atoms with Crippen molar-refractivity contribution in [2.24, 2.45) is 0 Å². The number of carbonyl (C=O) groups excluding carboxylic acids is 2. The van der Waals surface area contributed by atoms with Crippen LogP contribution in [0.4, 0.5) is 11.4 Å². The van der Waals surface area contributed by atoms with Crippen molar-refractivity contribution >= 4 is 23.2 Å². The zero-order chi connectivity index (χ0) is 23.3. The molecular weight excluding hydrogens is 404 g/mol. The predicted molar refractivity (Wildman–Crippen MR) is 127 cm³/mol. The number of ether oxygens (including phenoxy) is 1. The average molecular weight is 433 g/mol. The minimum absolute atomic E-state index is 0.000908. The molecule has 0 saturated heterocycles. The van der Waals surface area contributed by atoms with E-state index in [4.69, 9.17) is 4.74 Å². The molecule has 32 heavy (non-hydrogen) atoms. The molecule has 0 aromatic heterocycles. The highest BCUT2D eigenvalue weighted by atomic mass is 16.5. The molecule has 0 aliphatic heterocycles. The fraction of sp³-hybridized carbons (Fsp3) is 0.231. The van der Waals surface area contributed by atoms with Gasteiger partial charge in [0.2, 0.25) is 5.91 Å². The van der Waals surface area contributed by atoms with E-state index in [1.165, 1.54) is 6.07 Å². The van der Waals surface area contributed by atoms with Crippen molar-refractivity contribution in [3.8, 4) is 11.5 Å². The van der Waals surface area contributed by atoms with Crippen LogP contribution in [0.25, 0.3) is 0 Å². The summed E-state index contributed by atoms with van der Waals surface area (Å²) in [5.41, 5.74) is 3.17. The van der Waals surface area contributed by atoms with Gasteiger partial charge in [0.1, 0.15) is 11.5 Å². The minimum Gasteiger partial charge on any atom is -0.506 e. The van der Waals surface area contributed by atoms with Crippen LogP contribution in [0, 0.1) is 0 Å². The van der Waals surface area contributed by atoms with Crippen LogP contribution in [-0.2, 0) is 16.6 Å². The highest BCUT2D eigenvalue weighted by Crippen LogP contribution is 2.28. The number of amides is 2. The number of phenolic OH excluding ortho intramolecular Hbond substituents is 1. The molecule has 0 aliphatic rings. The standard InChI is InChI=1S/C26H28N2O4/c1-26(2,3)19-9-7-18(8-10-19)25(31)28-22-14-11-20(16-23(22)29)27-24(30)15-17-5-12-21(32-4)13-6-17/h5-14,16,29H,15H2,1-4H3,(H,27,30)(H,28,31). The lowest BCUT2D eigenvalue weighted by molar-refractivity contribution is -0.115. The fourth-order valence-corrected chi connectivity index (χ4v) is 3.17. The van der Waals surface area contributed by atoms with Crippen LogP contribution >= 0.6 is 0 Å². The van der Waals surface area contributed by atoms with Crippen LogP contribution < -0.4 is 15.4 Å². The number of hydrogen-bond acceptors (Lipinski definition) is 4. The van der Waals surface area contributed by atoms with Gasteiger partial charge in [-0.2, -0.15) is 0 Å². The van der Waals surface area contributed by atoms with Gasteiger partial charge < -0.3 is 20.5 Å². The SMILES string of the molecule is COc1ccc(CC(=O)Nc2ccc(NC(=O)c3ccc(C(C)(C)C)cc3)c(O)c2)cc1. The molecule has 0 unspecified atom stereocenters. The van der Waals surface area contributed by atoms with Gasteiger partial charge >= 0.3 is 0 Å². The summed E-state index contributed by atoms with van der Waals surface area (Å²) < 4.78 is 5.11. The minimum atomic E-state index is -0.322. The number of anilines is 2. The Balaban J connectivity index is 1.61. The predicted octanol–water partition coefficient (Wildman–Crippen LogP) is 5.13. The lowest BCUT2D eigenvalue weighted by Crippen LogP contribution is -2.15. The Bertz CT molecular complexity index is 1100. The molecule has 0 bridgehead atoms. The van der Waals surface area contributed by atoms with Crippen molar-refractivity contribution in [3.05, 3.63) is 83.4 Å². The molecule has 0 radical (unpaired) electrons. The number of rotatable bonds is 6. The Labute approximate surface area is 188 Å². The van der Waals surface area contributed by atoms with Gasteiger partial charge in [-0.15, -0.1) is 0 Å². The maximum atomic E-state index is 12.5. The van der Waals surface area contributed by atoms with Crippen LogP contribution in [0.5, 0.6) is 11.5 Å². The Morgan fingerprint density at radius 3 is 2.12 bits per heavy atom.